The molecular formula is C13H15N3. The van der Waals surface area contributed by atoms with Crippen molar-refractivity contribution in [1.82, 2.24) is 9.97 Å². The van der Waals surface area contributed by atoms with Crippen molar-refractivity contribution in [2.24, 2.45) is 5.73 Å². The van der Waals surface area contributed by atoms with Crippen LogP contribution < -0.4 is 5.73 Å². The van der Waals surface area contributed by atoms with Crippen LogP contribution in [0.5, 0.6) is 0 Å². The first kappa shape index (κ1) is 10.8. The minimum Gasteiger partial charge on any atom is -0.329 e. The summed E-state index contributed by atoms with van der Waals surface area (Å²) in [6.07, 6.45) is 3.31. The van der Waals surface area contributed by atoms with Gasteiger partial charge in [0, 0.05) is 18.7 Å². The van der Waals surface area contributed by atoms with Gasteiger partial charge in [-0.3, -0.25) is 0 Å². The minimum atomic E-state index is 0.155. The molecule has 2 N–H and O–H groups in total. The number of nitrogens with two attached hydrogens (primary N) is 1. The Bertz CT molecular complexity index is 454. The number of hydrogen-bond acceptors (Lipinski definition) is 3. The molecule has 0 saturated heterocycles. The quantitative estimate of drug-likeness (QED) is 0.846. The molecule has 0 saturated carbocycles. The van der Waals surface area contributed by atoms with Gasteiger partial charge in [-0.15, -0.1) is 0 Å². The maximum atomic E-state index is 5.83. The lowest BCUT2D eigenvalue weighted by Crippen LogP contribution is -2.15. The number of rotatable bonds is 3. The molecule has 0 radical (unpaired) electrons. The Morgan fingerprint density at radius 2 is 2.19 bits per heavy atom. The average Bonchev–Trinajstić information content (AvgIpc) is 2.31. The van der Waals surface area contributed by atoms with Crippen LogP contribution in [0.25, 0.3) is 0 Å². The Labute approximate surface area is 95.4 Å². The van der Waals surface area contributed by atoms with E-state index in [-0.39, 0.29) is 5.92 Å². The van der Waals surface area contributed by atoms with E-state index < -0.39 is 0 Å². The molecule has 2 rings (SSSR count). The largest absolute Gasteiger partial charge is 0.329 e. The highest BCUT2D eigenvalue weighted by atomic mass is 14.8. The molecule has 1 unspecified atom stereocenters. The van der Waals surface area contributed by atoms with Gasteiger partial charge in [-0.05, 0) is 18.6 Å². The second-order valence-electron chi connectivity index (χ2n) is 3.84. The number of nitrogens with zero attached hydrogens (tertiary/aromatic N) is 2. The first-order valence-electron chi connectivity index (χ1n) is 5.34. The van der Waals surface area contributed by atoms with Crippen molar-refractivity contribution in [1.29, 1.82) is 0 Å². The SMILES string of the molecule is Cc1cccc(C(CN)c2ccncn2)c1. The third-order valence-electron chi connectivity index (χ3n) is 2.64. The third-order valence-corrected chi connectivity index (χ3v) is 2.64. The molecule has 1 atom stereocenters. The fraction of sp³-hybridized carbons (Fsp3) is 0.231. The highest BCUT2D eigenvalue weighted by Crippen LogP contribution is 2.21. The van der Waals surface area contributed by atoms with E-state index >= 15 is 0 Å². The number of aromatic nitrogens is 2. The summed E-state index contributed by atoms with van der Waals surface area (Å²) in [5, 5.41) is 0. The summed E-state index contributed by atoms with van der Waals surface area (Å²) in [5.74, 6) is 0.155. The van der Waals surface area contributed by atoms with Crippen molar-refractivity contribution < 1.29 is 0 Å². The predicted molar refractivity (Wildman–Crippen MR) is 64.1 cm³/mol. The van der Waals surface area contributed by atoms with Crippen LogP contribution in [-0.4, -0.2) is 16.5 Å². The molecule has 0 aliphatic carbocycles. The predicted octanol–water partition coefficient (Wildman–Crippen LogP) is 1.88. The van der Waals surface area contributed by atoms with Crippen molar-refractivity contribution in [2.75, 3.05) is 6.54 Å². The molecule has 82 valence electrons. The Kier molecular flexibility index (Phi) is 3.27. The summed E-state index contributed by atoms with van der Waals surface area (Å²) >= 11 is 0. The zero-order valence-corrected chi connectivity index (χ0v) is 9.30. The normalized spacial score (nSPS) is 12.4. The van der Waals surface area contributed by atoms with Crippen molar-refractivity contribution in [2.45, 2.75) is 12.8 Å². The summed E-state index contributed by atoms with van der Waals surface area (Å²) in [7, 11) is 0. The highest BCUT2D eigenvalue weighted by Gasteiger charge is 2.13. The molecule has 2 aromatic rings. The first-order chi connectivity index (χ1) is 7.81. The fourth-order valence-corrected chi connectivity index (χ4v) is 1.82. The van der Waals surface area contributed by atoms with Gasteiger partial charge in [0.1, 0.15) is 6.33 Å². The Hall–Kier alpha value is -1.74. The molecule has 3 heteroatoms. The van der Waals surface area contributed by atoms with E-state index in [9.17, 15) is 0 Å². The van der Waals surface area contributed by atoms with Gasteiger partial charge < -0.3 is 5.73 Å². The molecule has 0 fully saturated rings. The van der Waals surface area contributed by atoms with E-state index in [0.29, 0.717) is 6.54 Å². The molecule has 0 spiro atoms. The fourth-order valence-electron chi connectivity index (χ4n) is 1.82. The number of hydrogen-bond donors (Lipinski definition) is 1. The lowest BCUT2D eigenvalue weighted by atomic mass is 9.94. The zero-order chi connectivity index (χ0) is 11.4. The summed E-state index contributed by atoms with van der Waals surface area (Å²) in [4.78, 5) is 8.19. The van der Waals surface area contributed by atoms with Gasteiger partial charge in [0.25, 0.3) is 0 Å². The van der Waals surface area contributed by atoms with Gasteiger partial charge in [-0.2, -0.15) is 0 Å². The highest BCUT2D eigenvalue weighted by molar-refractivity contribution is 5.31. The summed E-state index contributed by atoms with van der Waals surface area (Å²) in [6, 6.07) is 10.3. The van der Waals surface area contributed by atoms with Crippen LogP contribution in [0.2, 0.25) is 0 Å². The Balaban J connectivity index is 2.37. The molecule has 16 heavy (non-hydrogen) atoms. The van der Waals surface area contributed by atoms with Crippen LogP contribution in [0, 0.1) is 6.92 Å². The van der Waals surface area contributed by atoms with Crippen molar-refractivity contribution in [3.05, 3.63) is 59.7 Å². The van der Waals surface area contributed by atoms with E-state index in [1.54, 1.807) is 12.5 Å². The monoisotopic (exact) mass is 213 g/mol. The van der Waals surface area contributed by atoms with Crippen molar-refractivity contribution in [3.8, 4) is 0 Å². The van der Waals surface area contributed by atoms with E-state index in [0.717, 1.165) is 5.69 Å². The van der Waals surface area contributed by atoms with Crippen molar-refractivity contribution >= 4 is 0 Å². The molecule has 0 bridgehead atoms. The van der Waals surface area contributed by atoms with Gasteiger partial charge in [0.2, 0.25) is 0 Å². The first-order valence-corrected chi connectivity index (χ1v) is 5.34. The van der Waals surface area contributed by atoms with Crippen LogP contribution in [0.3, 0.4) is 0 Å². The number of aryl methyl sites for hydroxylation is 1. The van der Waals surface area contributed by atoms with Crippen LogP contribution in [0.15, 0.2) is 42.9 Å². The smallest absolute Gasteiger partial charge is 0.115 e. The molecule has 0 aliphatic rings. The molecule has 1 aromatic heterocycles. The second kappa shape index (κ2) is 4.86. The van der Waals surface area contributed by atoms with Crippen LogP contribution in [-0.2, 0) is 0 Å². The molecule has 0 aliphatic heterocycles. The summed E-state index contributed by atoms with van der Waals surface area (Å²) in [6.45, 7) is 2.64. The lowest BCUT2D eigenvalue weighted by Gasteiger charge is -2.14. The van der Waals surface area contributed by atoms with Crippen LogP contribution in [0.4, 0.5) is 0 Å². The molecular weight excluding hydrogens is 198 g/mol. The standard InChI is InChI=1S/C13H15N3/c1-10-3-2-4-11(7-10)12(8-14)13-5-6-15-9-16-13/h2-7,9,12H,8,14H2,1H3. The topological polar surface area (TPSA) is 51.8 Å². The molecule has 1 aromatic carbocycles. The van der Waals surface area contributed by atoms with Gasteiger partial charge >= 0.3 is 0 Å². The lowest BCUT2D eigenvalue weighted by molar-refractivity contribution is 0.780. The summed E-state index contributed by atoms with van der Waals surface area (Å²) < 4.78 is 0. The minimum absolute atomic E-state index is 0.155. The van der Waals surface area contributed by atoms with Gasteiger partial charge in [-0.25, -0.2) is 9.97 Å². The van der Waals surface area contributed by atoms with Crippen LogP contribution >= 0.6 is 0 Å². The van der Waals surface area contributed by atoms with E-state index in [2.05, 4.69) is 41.2 Å². The van der Waals surface area contributed by atoms with Crippen LogP contribution in [0.1, 0.15) is 22.7 Å². The van der Waals surface area contributed by atoms with E-state index in [4.69, 9.17) is 5.73 Å². The Morgan fingerprint density at radius 3 is 2.81 bits per heavy atom. The molecule has 3 nitrogen and oxygen atoms in total. The van der Waals surface area contributed by atoms with E-state index in [1.807, 2.05) is 6.07 Å². The maximum absolute atomic E-state index is 5.83. The van der Waals surface area contributed by atoms with Gasteiger partial charge in [-0.1, -0.05) is 29.8 Å². The summed E-state index contributed by atoms with van der Waals surface area (Å²) in [5.41, 5.74) is 9.25. The van der Waals surface area contributed by atoms with Crippen molar-refractivity contribution in [3.63, 3.8) is 0 Å². The average molecular weight is 213 g/mol. The Morgan fingerprint density at radius 1 is 1.31 bits per heavy atom. The number of benzene rings is 1. The molecule has 0 amide bonds. The second-order valence-corrected chi connectivity index (χ2v) is 3.84. The van der Waals surface area contributed by atoms with Gasteiger partial charge in [0.05, 0.1) is 5.69 Å². The zero-order valence-electron chi connectivity index (χ0n) is 9.30. The third kappa shape index (κ3) is 2.25. The van der Waals surface area contributed by atoms with Gasteiger partial charge in [0.15, 0.2) is 0 Å². The molecule has 1 heterocycles. The maximum Gasteiger partial charge on any atom is 0.115 e. The van der Waals surface area contributed by atoms with E-state index in [1.165, 1.54) is 11.1 Å².